The van der Waals surface area contributed by atoms with Crippen LogP contribution in [-0.4, -0.2) is 9.58 Å². The third kappa shape index (κ3) is 2.84. The molecule has 0 heterocycles. The normalized spacial score (nSPS) is 11.4. The molecule has 0 fully saturated rings. The van der Waals surface area contributed by atoms with Crippen LogP contribution in [0.1, 0.15) is 10.4 Å². The van der Waals surface area contributed by atoms with Crippen LogP contribution < -0.4 is 0 Å². The van der Waals surface area contributed by atoms with Gasteiger partial charge >= 0.3 is 0 Å². The zero-order valence-electron chi connectivity index (χ0n) is 6.23. The summed E-state index contributed by atoms with van der Waals surface area (Å²) >= 11 is 19.5. The van der Waals surface area contributed by atoms with Crippen LogP contribution in [0.2, 0.25) is 0 Å². The highest BCUT2D eigenvalue weighted by Gasteiger charge is 2.32. The van der Waals surface area contributed by atoms with Crippen molar-refractivity contribution in [3.05, 3.63) is 34.3 Å². The van der Waals surface area contributed by atoms with Crippen LogP contribution in [0.3, 0.4) is 0 Å². The lowest BCUT2D eigenvalue weighted by molar-refractivity contribution is 0.0995. The monoisotopic (exact) mass is 300 g/mol. The van der Waals surface area contributed by atoms with E-state index < -0.39 is 9.58 Å². The molecule has 5 heteroatoms. The number of halogens is 4. The smallest absolute Gasteiger partial charge is 0.253 e. The number of Topliss-reactive ketones (excluding diaryl/α,β-unsaturated/α-hetero) is 1. The van der Waals surface area contributed by atoms with Crippen LogP contribution in [0.15, 0.2) is 28.7 Å². The van der Waals surface area contributed by atoms with E-state index in [-0.39, 0.29) is 0 Å². The van der Waals surface area contributed by atoms with Crippen molar-refractivity contribution in [1.29, 1.82) is 0 Å². The molecular weight excluding hydrogens is 298 g/mol. The molecule has 0 aliphatic rings. The quantitative estimate of drug-likeness (QED) is 0.566. The summed E-state index contributed by atoms with van der Waals surface area (Å²) in [7, 11) is 0. The Labute approximate surface area is 99.1 Å². The Kier molecular flexibility index (Phi) is 3.64. The van der Waals surface area contributed by atoms with Gasteiger partial charge in [0.2, 0.25) is 5.78 Å². The fourth-order valence-electron chi connectivity index (χ4n) is 0.798. The molecule has 0 aliphatic carbocycles. The van der Waals surface area contributed by atoms with Crippen molar-refractivity contribution in [2.75, 3.05) is 0 Å². The van der Waals surface area contributed by atoms with Crippen molar-refractivity contribution in [3.8, 4) is 0 Å². The molecule has 0 unspecified atom stereocenters. The molecule has 0 atom stereocenters. The predicted molar refractivity (Wildman–Crippen MR) is 58.8 cm³/mol. The zero-order chi connectivity index (χ0) is 10.1. The number of carbonyl (C=O) groups excluding carboxylic acids is 1. The number of alkyl halides is 3. The van der Waals surface area contributed by atoms with E-state index in [1.807, 2.05) is 0 Å². The van der Waals surface area contributed by atoms with Crippen LogP contribution in [0.5, 0.6) is 0 Å². The molecule has 1 aromatic rings. The van der Waals surface area contributed by atoms with Crippen molar-refractivity contribution >= 4 is 56.5 Å². The minimum absolute atomic E-state index is 0.363. The van der Waals surface area contributed by atoms with E-state index in [9.17, 15) is 4.79 Å². The summed E-state index contributed by atoms with van der Waals surface area (Å²) in [6.45, 7) is 0. The van der Waals surface area contributed by atoms with Gasteiger partial charge < -0.3 is 0 Å². The Bertz CT molecular complexity index is 332. The average Bonchev–Trinajstić information content (AvgIpc) is 2.02. The van der Waals surface area contributed by atoms with Gasteiger partial charge in [-0.3, -0.25) is 4.79 Å². The molecule has 0 amide bonds. The van der Waals surface area contributed by atoms with E-state index in [1.54, 1.807) is 24.3 Å². The molecule has 0 spiro atoms. The minimum Gasteiger partial charge on any atom is -0.289 e. The summed E-state index contributed by atoms with van der Waals surface area (Å²) in [5.41, 5.74) is 0.363. The van der Waals surface area contributed by atoms with Gasteiger partial charge in [-0.2, -0.15) is 0 Å². The highest BCUT2D eigenvalue weighted by molar-refractivity contribution is 9.10. The Morgan fingerprint density at radius 1 is 1.23 bits per heavy atom. The van der Waals surface area contributed by atoms with E-state index >= 15 is 0 Å². The summed E-state index contributed by atoms with van der Waals surface area (Å²) in [5.74, 6) is -0.537. The maximum absolute atomic E-state index is 11.5. The molecule has 70 valence electrons. The van der Waals surface area contributed by atoms with Gasteiger partial charge in [0.15, 0.2) is 0 Å². The van der Waals surface area contributed by atoms with E-state index in [1.165, 1.54) is 0 Å². The van der Waals surface area contributed by atoms with Gasteiger partial charge in [-0.1, -0.05) is 68.9 Å². The first-order valence-corrected chi connectivity index (χ1v) is 5.21. The van der Waals surface area contributed by atoms with E-state index in [0.717, 1.165) is 0 Å². The van der Waals surface area contributed by atoms with E-state index in [4.69, 9.17) is 34.8 Å². The van der Waals surface area contributed by atoms with Crippen LogP contribution in [0.25, 0.3) is 0 Å². The van der Waals surface area contributed by atoms with Crippen molar-refractivity contribution in [1.82, 2.24) is 0 Å². The highest BCUT2D eigenvalue weighted by Crippen LogP contribution is 2.32. The largest absolute Gasteiger partial charge is 0.289 e. The second-order valence-electron chi connectivity index (χ2n) is 2.31. The number of hydrogen-bond donors (Lipinski definition) is 0. The van der Waals surface area contributed by atoms with Crippen LogP contribution >= 0.6 is 50.7 Å². The lowest BCUT2D eigenvalue weighted by atomic mass is 10.1. The zero-order valence-corrected chi connectivity index (χ0v) is 10.1. The van der Waals surface area contributed by atoms with Gasteiger partial charge in [-0.05, 0) is 6.07 Å². The first-order valence-electron chi connectivity index (χ1n) is 3.29. The number of carbonyl (C=O) groups is 1. The van der Waals surface area contributed by atoms with Gasteiger partial charge in [0.05, 0.1) is 0 Å². The summed E-state index contributed by atoms with van der Waals surface area (Å²) in [6, 6.07) is 6.78. The number of hydrogen-bond acceptors (Lipinski definition) is 1. The Hall–Kier alpha value is 0.240. The summed E-state index contributed by atoms with van der Waals surface area (Å²) in [5, 5.41) is 0. The standard InChI is InChI=1S/C8H4BrCl3O/c9-6-4-2-1-3-5(6)7(13)8(10,11)12/h1-4H. The van der Waals surface area contributed by atoms with Gasteiger partial charge in [0, 0.05) is 10.0 Å². The van der Waals surface area contributed by atoms with Crippen LogP contribution in [0.4, 0.5) is 0 Å². The van der Waals surface area contributed by atoms with E-state index in [0.29, 0.717) is 10.0 Å². The summed E-state index contributed by atoms with van der Waals surface area (Å²) in [4.78, 5) is 11.5. The van der Waals surface area contributed by atoms with Gasteiger partial charge in [-0.25, -0.2) is 0 Å². The number of ketones is 1. The molecule has 0 saturated heterocycles. The molecule has 13 heavy (non-hydrogen) atoms. The first-order chi connectivity index (χ1) is 5.93. The van der Waals surface area contributed by atoms with Crippen molar-refractivity contribution < 1.29 is 4.79 Å². The van der Waals surface area contributed by atoms with Gasteiger partial charge in [0.1, 0.15) is 0 Å². The second kappa shape index (κ2) is 4.18. The van der Waals surface area contributed by atoms with Crippen molar-refractivity contribution in [3.63, 3.8) is 0 Å². The van der Waals surface area contributed by atoms with Crippen LogP contribution in [0, 0.1) is 0 Å². The van der Waals surface area contributed by atoms with Crippen molar-refractivity contribution in [2.24, 2.45) is 0 Å². The SMILES string of the molecule is O=C(c1ccccc1Br)C(Cl)(Cl)Cl. The molecule has 0 saturated carbocycles. The fourth-order valence-corrected chi connectivity index (χ4v) is 1.57. The highest BCUT2D eigenvalue weighted by atomic mass is 79.9. The lowest BCUT2D eigenvalue weighted by Gasteiger charge is -2.10. The molecule has 0 aliphatic heterocycles. The molecule has 1 nitrogen and oxygen atoms in total. The van der Waals surface area contributed by atoms with E-state index in [2.05, 4.69) is 15.9 Å². The fraction of sp³-hybridized carbons (Fsp3) is 0.125. The molecule has 0 aromatic heterocycles. The molecule has 0 radical (unpaired) electrons. The summed E-state index contributed by atoms with van der Waals surface area (Å²) < 4.78 is -1.28. The number of rotatable bonds is 1. The Balaban J connectivity index is 3.10. The molecular formula is C8H4BrCl3O. The molecule has 0 bridgehead atoms. The second-order valence-corrected chi connectivity index (χ2v) is 5.44. The Morgan fingerprint density at radius 3 is 2.23 bits per heavy atom. The lowest BCUT2D eigenvalue weighted by Crippen LogP contribution is -2.19. The van der Waals surface area contributed by atoms with Crippen LogP contribution in [-0.2, 0) is 0 Å². The maximum Gasteiger partial charge on any atom is 0.253 e. The first kappa shape index (κ1) is 11.3. The predicted octanol–water partition coefficient (Wildman–Crippen LogP) is 4.00. The minimum atomic E-state index is -1.90. The maximum atomic E-state index is 11.5. The third-order valence-corrected chi connectivity index (χ3v) is 2.58. The molecule has 1 aromatic carbocycles. The third-order valence-electron chi connectivity index (χ3n) is 1.38. The molecule has 0 N–H and O–H groups in total. The topological polar surface area (TPSA) is 17.1 Å². The number of benzene rings is 1. The summed E-state index contributed by atoms with van der Waals surface area (Å²) in [6.07, 6.45) is 0. The molecule has 1 rings (SSSR count). The van der Waals surface area contributed by atoms with Gasteiger partial charge in [0.25, 0.3) is 3.79 Å². The Morgan fingerprint density at radius 2 is 1.77 bits per heavy atom. The average molecular weight is 302 g/mol. The van der Waals surface area contributed by atoms with Crippen molar-refractivity contribution in [2.45, 2.75) is 3.79 Å². The van der Waals surface area contributed by atoms with Gasteiger partial charge in [-0.15, -0.1) is 0 Å².